The number of hydrogen-bond acceptors (Lipinski definition) is 10. The third-order valence-corrected chi connectivity index (χ3v) is 5.03. The van der Waals surface area contributed by atoms with E-state index in [1.54, 1.807) is 6.92 Å². The number of aliphatic carboxylic acids is 1. The van der Waals surface area contributed by atoms with Crippen molar-refractivity contribution in [2.24, 2.45) is 5.73 Å². The van der Waals surface area contributed by atoms with E-state index in [0.29, 0.717) is 0 Å². The van der Waals surface area contributed by atoms with Gasteiger partial charge < -0.3 is 50.6 Å². The summed E-state index contributed by atoms with van der Waals surface area (Å²) >= 11 is 0. The Kier molecular flexibility index (Phi) is 8.10. The van der Waals surface area contributed by atoms with Gasteiger partial charge in [0.2, 0.25) is 11.8 Å². The van der Waals surface area contributed by atoms with Crippen molar-refractivity contribution in [1.82, 2.24) is 10.6 Å². The maximum absolute atomic E-state index is 11.7. The van der Waals surface area contributed by atoms with Crippen molar-refractivity contribution < 1.29 is 48.7 Å². The number of nitrogens with one attached hydrogen (secondary N) is 2. The second kappa shape index (κ2) is 9.96. The first-order valence-corrected chi connectivity index (χ1v) is 9.35. The number of ether oxygens (including phenoxy) is 4. The highest BCUT2D eigenvalue weighted by molar-refractivity contribution is 5.75. The van der Waals surface area contributed by atoms with Gasteiger partial charge in [-0.3, -0.25) is 9.59 Å². The van der Waals surface area contributed by atoms with E-state index >= 15 is 0 Å². The molecule has 0 aromatic carbocycles. The molecule has 0 aromatic rings. The van der Waals surface area contributed by atoms with Crippen LogP contribution in [0.15, 0.2) is 0 Å². The van der Waals surface area contributed by atoms with Gasteiger partial charge in [-0.25, -0.2) is 4.79 Å². The van der Waals surface area contributed by atoms with Crippen molar-refractivity contribution in [3.63, 3.8) is 0 Å². The van der Waals surface area contributed by atoms with E-state index in [0.717, 1.165) is 0 Å². The smallest absolute Gasteiger partial charge is 0.335 e. The molecule has 13 nitrogen and oxygen atoms in total. The standard InChI is InChI=1S/C17H29N3O10/c1-5-8(18)13(10(20-7(3)22)16(27-4)28-5)29-17-9(19-6(2)21)11(23)12(24)14(30-17)15(25)26/h5,8-14,16-17,23-24H,18H2,1-4H3,(H,19,21)(H,20,22)(H,25,26)/t5-,8+,9+,10-,11+,12+,13+,14+,16-,17+/m1/s1. The summed E-state index contributed by atoms with van der Waals surface area (Å²) in [6.07, 6.45) is -9.40. The second-order valence-corrected chi connectivity index (χ2v) is 7.32. The molecule has 13 heteroatoms. The van der Waals surface area contributed by atoms with Gasteiger partial charge in [-0.05, 0) is 6.92 Å². The molecule has 0 bridgehead atoms. The molecule has 0 unspecified atom stereocenters. The highest BCUT2D eigenvalue weighted by Crippen LogP contribution is 2.29. The summed E-state index contributed by atoms with van der Waals surface area (Å²) in [7, 11) is 1.36. The van der Waals surface area contributed by atoms with Gasteiger partial charge in [-0.2, -0.15) is 0 Å². The number of carboxylic acids is 1. The quantitative estimate of drug-likeness (QED) is 0.243. The first-order chi connectivity index (χ1) is 14.0. The van der Waals surface area contributed by atoms with Gasteiger partial charge in [-0.15, -0.1) is 0 Å². The number of carbonyl (C=O) groups is 3. The zero-order chi connectivity index (χ0) is 22.7. The lowest BCUT2D eigenvalue weighted by atomic mass is 9.93. The highest BCUT2D eigenvalue weighted by Gasteiger charge is 2.52. The van der Waals surface area contributed by atoms with E-state index in [2.05, 4.69) is 10.6 Å². The minimum absolute atomic E-state index is 0.428. The molecule has 2 heterocycles. The Labute approximate surface area is 172 Å². The van der Waals surface area contributed by atoms with Crippen LogP contribution >= 0.6 is 0 Å². The molecule has 0 spiro atoms. The predicted octanol–water partition coefficient (Wildman–Crippen LogP) is -3.37. The Morgan fingerprint density at radius 2 is 1.53 bits per heavy atom. The fraction of sp³-hybridized carbons (Fsp3) is 0.824. The van der Waals surface area contributed by atoms with Gasteiger partial charge in [-0.1, -0.05) is 0 Å². The van der Waals surface area contributed by atoms with E-state index in [9.17, 15) is 29.7 Å². The average Bonchev–Trinajstić information content (AvgIpc) is 2.65. The molecule has 0 radical (unpaired) electrons. The lowest BCUT2D eigenvalue weighted by Crippen LogP contribution is -2.70. The lowest BCUT2D eigenvalue weighted by Gasteiger charge is -2.48. The van der Waals surface area contributed by atoms with Crippen LogP contribution in [0.3, 0.4) is 0 Å². The molecular formula is C17H29N3O10. The van der Waals surface area contributed by atoms with E-state index in [1.165, 1.54) is 21.0 Å². The van der Waals surface area contributed by atoms with Gasteiger partial charge in [0, 0.05) is 21.0 Å². The summed E-state index contributed by atoms with van der Waals surface area (Å²) in [5.74, 6) is -2.54. The van der Waals surface area contributed by atoms with Gasteiger partial charge in [0.15, 0.2) is 18.7 Å². The fourth-order valence-corrected chi connectivity index (χ4v) is 3.54. The Balaban J connectivity index is 2.36. The van der Waals surface area contributed by atoms with Gasteiger partial charge in [0.1, 0.15) is 30.4 Å². The van der Waals surface area contributed by atoms with Gasteiger partial charge in [0.25, 0.3) is 0 Å². The monoisotopic (exact) mass is 435 g/mol. The van der Waals surface area contributed by atoms with Gasteiger partial charge >= 0.3 is 5.97 Å². The molecule has 2 aliphatic heterocycles. The summed E-state index contributed by atoms with van der Waals surface area (Å²) in [5.41, 5.74) is 6.20. The third kappa shape index (κ3) is 5.24. The second-order valence-electron chi connectivity index (χ2n) is 7.32. The van der Waals surface area contributed by atoms with Crippen molar-refractivity contribution >= 4 is 17.8 Å². The van der Waals surface area contributed by atoms with Crippen LogP contribution in [-0.2, 0) is 33.3 Å². The number of aliphatic hydroxyl groups excluding tert-OH is 2. The number of aliphatic hydroxyl groups is 2. The summed E-state index contributed by atoms with van der Waals surface area (Å²) < 4.78 is 22.2. The number of carboxylic acid groups (broad SMARTS) is 1. The third-order valence-electron chi connectivity index (χ3n) is 5.03. The molecule has 172 valence electrons. The number of rotatable bonds is 6. The van der Waals surface area contributed by atoms with E-state index in [4.69, 9.17) is 24.7 Å². The molecule has 2 saturated heterocycles. The Morgan fingerprint density at radius 1 is 0.967 bits per heavy atom. The van der Waals surface area contributed by atoms with Crippen molar-refractivity contribution in [3.05, 3.63) is 0 Å². The molecule has 2 fully saturated rings. The van der Waals surface area contributed by atoms with Crippen LogP contribution in [0.25, 0.3) is 0 Å². The maximum Gasteiger partial charge on any atom is 0.335 e. The SMILES string of the molecule is CO[C@@H]1O[C@H](C)[C@H](N)[C@H](O[C@H]2O[C@H](C(=O)O)[C@@H](O)[C@@H](O)[C@@H]2NC(C)=O)[C@H]1NC(C)=O. The molecule has 7 N–H and O–H groups in total. The molecule has 0 saturated carbocycles. The van der Waals surface area contributed by atoms with Crippen LogP contribution in [0, 0.1) is 0 Å². The van der Waals surface area contributed by atoms with Gasteiger partial charge in [0.05, 0.1) is 12.1 Å². The normalized spacial score (nSPS) is 41.7. The number of hydrogen-bond donors (Lipinski definition) is 6. The summed E-state index contributed by atoms with van der Waals surface area (Å²) in [5, 5.41) is 34.8. The Bertz CT molecular complexity index is 649. The number of nitrogens with two attached hydrogens (primary N) is 1. The van der Waals surface area contributed by atoms with Crippen LogP contribution in [0.2, 0.25) is 0 Å². The first kappa shape index (κ1) is 24.4. The minimum Gasteiger partial charge on any atom is -0.479 e. The summed E-state index contributed by atoms with van der Waals surface area (Å²) in [4.78, 5) is 34.7. The summed E-state index contributed by atoms with van der Waals surface area (Å²) in [6, 6.07) is -3.04. The van der Waals surface area contributed by atoms with Crippen molar-refractivity contribution in [3.8, 4) is 0 Å². The molecular weight excluding hydrogens is 406 g/mol. The van der Waals surface area contributed by atoms with Crippen molar-refractivity contribution in [1.29, 1.82) is 0 Å². The topological polar surface area (TPSA) is 199 Å². The van der Waals surface area contributed by atoms with Crippen molar-refractivity contribution in [2.75, 3.05) is 7.11 Å². The molecule has 2 rings (SSSR count). The summed E-state index contributed by atoms with van der Waals surface area (Å²) in [6.45, 7) is 4.09. The number of methoxy groups -OCH3 is 1. The average molecular weight is 435 g/mol. The Morgan fingerprint density at radius 3 is 2.03 bits per heavy atom. The maximum atomic E-state index is 11.7. The molecule has 0 aliphatic carbocycles. The highest BCUT2D eigenvalue weighted by atomic mass is 16.7. The van der Waals surface area contributed by atoms with Crippen LogP contribution < -0.4 is 16.4 Å². The zero-order valence-corrected chi connectivity index (χ0v) is 17.1. The predicted molar refractivity (Wildman–Crippen MR) is 97.7 cm³/mol. The Hall–Kier alpha value is -1.87. The van der Waals surface area contributed by atoms with E-state index < -0.39 is 79.0 Å². The lowest BCUT2D eigenvalue weighted by molar-refractivity contribution is -0.303. The van der Waals surface area contributed by atoms with Crippen LogP contribution in [0.5, 0.6) is 0 Å². The van der Waals surface area contributed by atoms with Crippen LogP contribution in [-0.4, -0.2) is 101 Å². The van der Waals surface area contributed by atoms with E-state index in [-0.39, 0.29) is 0 Å². The molecule has 10 atom stereocenters. The molecule has 30 heavy (non-hydrogen) atoms. The van der Waals surface area contributed by atoms with Crippen LogP contribution in [0.4, 0.5) is 0 Å². The van der Waals surface area contributed by atoms with E-state index in [1.807, 2.05) is 0 Å². The zero-order valence-electron chi connectivity index (χ0n) is 17.1. The molecule has 2 aliphatic rings. The van der Waals surface area contributed by atoms with Crippen molar-refractivity contribution in [2.45, 2.75) is 82.0 Å². The largest absolute Gasteiger partial charge is 0.479 e. The fourth-order valence-electron chi connectivity index (χ4n) is 3.54. The number of amides is 2. The number of carbonyl (C=O) groups excluding carboxylic acids is 2. The first-order valence-electron chi connectivity index (χ1n) is 9.35. The van der Waals surface area contributed by atoms with Crippen LogP contribution in [0.1, 0.15) is 20.8 Å². The molecule has 2 amide bonds. The minimum atomic E-state index is -1.82. The molecule has 0 aromatic heterocycles.